The van der Waals surface area contributed by atoms with Crippen molar-refractivity contribution in [2.45, 2.75) is 6.08 Å². The number of benzene rings is 3. The molecule has 3 rings (SSSR count). The van der Waals surface area contributed by atoms with E-state index in [4.69, 9.17) is 1.37 Å². The fourth-order valence-electron chi connectivity index (χ4n) is 2.21. The van der Waals surface area contributed by atoms with Gasteiger partial charge in [-0.3, -0.25) is 0 Å². The normalized spacial score (nSPS) is 14.3. The Kier molecular flexibility index (Phi) is 3.28. The van der Waals surface area contributed by atoms with Crippen LogP contribution < -0.4 is 0 Å². The van der Waals surface area contributed by atoms with E-state index in [1.165, 1.54) is 0 Å². The molecule has 3 aromatic rings. The molecule has 0 spiro atoms. The maximum atomic E-state index is 10.5. The van der Waals surface area contributed by atoms with E-state index >= 15 is 0 Å². The molecule has 0 fully saturated rings. The van der Waals surface area contributed by atoms with Crippen LogP contribution in [0.1, 0.15) is 18.6 Å². The minimum absolute atomic E-state index is 0.563. The van der Waals surface area contributed by atoms with Crippen LogP contribution in [0.25, 0.3) is 11.1 Å². The summed E-state index contributed by atoms with van der Waals surface area (Å²) in [6.07, 6.45) is -1.73. The molecule has 0 aliphatic heterocycles. The van der Waals surface area contributed by atoms with E-state index in [1.54, 1.807) is 12.1 Å². The molecule has 0 aliphatic rings. The number of hydrogen-bond donors (Lipinski definition) is 1. The Morgan fingerprint density at radius 1 is 0.600 bits per heavy atom. The van der Waals surface area contributed by atoms with Crippen molar-refractivity contribution < 1.29 is 6.48 Å². The molecule has 3 aromatic carbocycles. The number of hydrogen-bond acceptors (Lipinski definition) is 1. The van der Waals surface area contributed by atoms with Gasteiger partial charge in [-0.2, -0.15) is 0 Å². The highest BCUT2D eigenvalue weighted by Crippen LogP contribution is 2.25. The molecule has 0 amide bonds. The molecule has 0 aliphatic carbocycles. The summed E-state index contributed by atoms with van der Waals surface area (Å²) in [6.45, 7) is 0. The van der Waals surface area contributed by atoms with Crippen molar-refractivity contribution in [2.24, 2.45) is 0 Å². The summed E-state index contributed by atoms with van der Waals surface area (Å²) in [5, 5.41) is 10.5. The predicted molar refractivity (Wildman–Crippen MR) is 82.4 cm³/mol. The zero-order valence-electron chi connectivity index (χ0n) is 12.0. The molecule has 0 bridgehead atoms. The standard InChI is InChI=1S/C19H16O/c20-19(17-9-5-2-6-10-17)18-13-11-16(12-14-18)15-7-3-1-4-8-15/h1-14,19-20H/i19D. The lowest BCUT2D eigenvalue weighted by molar-refractivity contribution is 0.220. The van der Waals surface area contributed by atoms with Gasteiger partial charge < -0.3 is 5.11 Å². The maximum absolute atomic E-state index is 10.5. The van der Waals surface area contributed by atoms with Crippen molar-refractivity contribution in [1.29, 1.82) is 0 Å². The molecular formula is C19H16O. The lowest BCUT2D eigenvalue weighted by Gasteiger charge is -2.12. The summed E-state index contributed by atoms with van der Waals surface area (Å²) in [5.74, 6) is 0. The lowest BCUT2D eigenvalue weighted by Crippen LogP contribution is -1.98. The molecule has 0 aromatic heterocycles. The SMILES string of the molecule is [2H]C(O)(c1ccccc1)c1ccc(-c2ccccc2)cc1. The Labute approximate surface area is 120 Å². The van der Waals surface area contributed by atoms with Gasteiger partial charge in [-0.25, -0.2) is 0 Å². The number of aliphatic hydroxyl groups is 1. The smallest absolute Gasteiger partial charge is 0.104 e. The van der Waals surface area contributed by atoms with Crippen molar-refractivity contribution in [3.63, 3.8) is 0 Å². The first-order valence-corrected chi connectivity index (χ1v) is 6.62. The van der Waals surface area contributed by atoms with Crippen LogP contribution in [0.5, 0.6) is 0 Å². The van der Waals surface area contributed by atoms with E-state index in [9.17, 15) is 5.11 Å². The predicted octanol–water partition coefficient (Wildman–Crippen LogP) is 4.44. The molecular weight excluding hydrogens is 244 g/mol. The van der Waals surface area contributed by atoms with Crippen LogP contribution in [-0.2, 0) is 0 Å². The third kappa shape index (κ3) is 2.63. The first kappa shape index (κ1) is 11.4. The molecule has 98 valence electrons. The van der Waals surface area contributed by atoms with Crippen LogP contribution in [0.15, 0.2) is 84.9 Å². The van der Waals surface area contributed by atoms with Gasteiger partial charge in [0.15, 0.2) is 0 Å². The van der Waals surface area contributed by atoms with E-state index in [0.717, 1.165) is 11.1 Å². The second-order valence-corrected chi connectivity index (χ2v) is 4.66. The molecule has 1 nitrogen and oxygen atoms in total. The van der Waals surface area contributed by atoms with Gasteiger partial charge in [-0.05, 0) is 22.3 Å². The van der Waals surface area contributed by atoms with Gasteiger partial charge in [0.25, 0.3) is 0 Å². The van der Waals surface area contributed by atoms with Gasteiger partial charge in [-0.15, -0.1) is 0 Å². The van der Waals surface area contributed by atoms with Crippen molar-refractivity contribution >= 4 is 0 Å². The Morgan fingerprint density at radius 2 is 1.05 bits per heavy atom. The molecule has 1 heteroatoms. The molecule has 0 saturated carbocycles. The highest BCUT2D eigenvalue weighted by atomic mass is 16.3. The summed E-state index contributed by atoms with van der Waals surface area (Å²) >= 11 is 0. The van der Waals surface area contributed by atoms with Crippen molar-refractivity contribution in [3.05, 3.63) is 96.1 Å². The second kappa shape index (κ2) is 5.72. The van der Waals surface area contributed by atoms with E-state index in [1.807, 2.05) is 72.8 Å². The second-order valence-electron chi connectivity index (χ2n) is 4.66. The van der Waals surface area contributed by atoms with Gasteiger partial charge in [0.2, 0.25) is 0 Å². The Bertz CT molecular complexity index is 704. The van der Waals surface area contributed by atoms with Crippen LogP contribution in [0, 0.1) is 0 Å². The topological polar surface area (TPSA) is 20.2 Å². The summed E-state index contributed by atoms with van der Waals surface area (Å²) in [7, 11) is 0. The highest BCUT2D eigenvalue weighted by Gasteiger charge is 2.09. The summed E-state index contributed by atoms with van der Waals surface area (Å²) in [4.78, 5) is 0. The summed E-state index contributed by atoms with van der Waals surface area (Å²) in [6, 6.07) is 26.6. The molecule has 1 N–H and O–H groups in total. The lowest BCUT2D eigenvalue weighted by atomic mass is 9.98. The zero-order chi connectivity index (χ0) is 14.7. The largest absolute Gasteiger partial charge is 0.384 e. The average Bonchev–Trinajstić information content (AvgIpc) is 2.57. The van der Waals surface area contributed by atoms with Gasteiger partial charge in [-0.1, -0.05) is 84.9 Å². The van der Waals surface area contributed by atoms with Crippen LogP contribution in [0.3, 0.4) is 0 Å². The molecule has 0 heterocycles. The Balaban J connectivity index is 1.94. The average molecular weight is 261 g/mol. The monoisotopic (exact) mass is 261 g/mol. The fraction of sp³-hybridized carbons (Fsp3) is 0.0526. The quantitative estimate of drug-likeness (QED) is 0.739. The van der Waals surface area contributed by atoms with E-state index in [-0.39, 0.29) is 0 Å². The fourth-order valence-corrected chi connectivity index (χ4v) is 2.21. The molecule has 1 atom stereocenters. The minimum Gasteiger partial charge on any atom is -0.384 e. The van der Waals surface area contributed by atoms with Gasteiger partial charge in [0, 0.05) is 0 Å². The number of rotatable bonds is 3. The molecule has 1 unspecified atom stereocenters. The summed E-state index contributed by atoms with van der Waals surface area (Å²) in [5.41, 5.74) is 3.33. The van der Waals surface area contributed by atoms with Crippen molar-refractivity contribution in [2.75, 3.05) is 0 Å². The van der Waals surface area contributed by atoms with Crippen molar-refractivity contribution in [1.82, 2.24) is 0 Å². The van der Waals surface area contributed by atoms with Crippen LogP contribution >= 0.6 is 0 Å². The van der Waals surface area contributed by atoms with Crippen LogP contribution in [0.2, 0.25) is 0 Å². The van der Waals surface area contributed by atoms with E-state index in [0.29, 0.717) is 11.1 Å². The van der Waals surface area contributed by atoms with Crippen LogP contribution in [0.4, 0.5) is 0 Å². The Hall–Kier alpha value is -2.38. The third-order valence-corrected chi connectivity index (χ3v) is 3.31. The molecule has 0 radical (unpaired) electrons. The maximum Gasteiger partial charge on any atom is 0.104 e. The molecule has 20 heavy (non-hydrogen) atoms. The molecule has 0 saturated heterocycles. The third-order valence-electron chi connectivity index (χ3n) is 3.31. The summed E-state index contributed by atoms with van der Waals surface area (Å²) < 4.78 is 8.24. The van der Waals surface area contributed by atoms with Gasteiger partial charge in [0.05, 0.1) is 1.37 Å². The minimum atomic E-state index is -1.73. The highest BCUT2D eigenvalue weighted by molar-refractivity contribution is 5.63. The van der Waals surface area contributed by atoms with E-state index < -0.39 is 6.08 Å². The first-order chi connectivity index (χ1) is 10.2. The van der Waals surface area contributed by atoms with E-state index in [2.05, 4.69) is 0 Å². The van der Waals surface area contributed by atoms with Crippen molar-refractivity contribution in [3.8, 4) is 11.1 Å². The van der Waals surface area contributed by atoms with Crippen LogP contribution in [-0.4, -0.2) is 5.11 Å². The van der Waals surface area contributed by atoms with Gasteiger partial charge in [0.1, 0.15) is 6.08 Å². The first-order valence-electron chi connectivity index (χ1n) is 7.12. The Morgan fingerprint density at radius 3 is 1.65 bits per heavy atom. The van der Waals surface area contributed by atoms with Gasteiger partial charge >= 0.3 is 0 Å². The zero-order valence-corrected chi connectivity index (χ0v) is 11.0.